The van der Waals surface area contributed by atoms with Gasteiger partial charge in [0.15, 0.2) is 0 Å². The Balaban J connectivity index is 1.94. The molecule has 6 heteroatoms. The van der Waals surface area contributed by atoms with Crippen LogP contribution in [0.4, 0.5) is 11.4 Å². The number of hydrogen-bond acceptors (Lipinski definition) is 5. The molecule has 3 aromatic carbocycles. The topological polar surface area (TPSA) is 70.1 Å². The van der Waals surface area contributed by atoms with Crippen molar-refractivity contribution in [1.29, 1.82) is 0 Å². The Kier molecular flexibility index (Phi) is 8.91. The van der Waals surface area contributed by atoms with E-state index in [1.54, 1.807) is 7.11 Å². The molecule has 1 aliphatic heterocycles. The molecular weight excluding hydrogens is 512 g/mol. The lowest BCUT2D eigenvalue weighted by molar-refractivity contribution is -0.132. The van der Waals surface area contributed by atoms with Crippen molar-refractivity contribution >= 4 is 28.8 Å². The minimum absolute atomic E-state index is 0.0847. The Morgan fingerprint density at radius 1 is 0.927 bits per heavy atom. The average molecular weight is 555 g/mol. The maximum Gasteiger partial charge on any atom is 0.300 e. The van der Waals surface area contributed by atoms with Crippen molar-refractivity contribution in [1.82, 2.24) is 0 Å². The number of carbonyl (C=O) groups excluding carboxylic acids is 2. The minimum atomic E-state index is -0.783. The van der Waals surface area contributed by atoms with E-state index in [0.29, 0.717) is 17.2 Å². The SMILES string of the molecule is CCN(CC)c1ccc(C2/C(=C(\O)c3cc(C(C)C)c(OC)cc3C)C(=O)C(=O)N2c2ccc(C(C)C)cc2)cc1. The summed E-state index contributed by atoms with van der Waals surface area (Å²) in [5.74, 6) is -0.349. The molecule has 1 saturated heterocycles. The fourth-order valence-electron chi connectivity index (χ4n) is 5.62. The standard InChI is InChI=1S/C35H42N2O4/c1-9-36(10-2)26-15-13-25(14-16-26)32-31(33(38)29-20-28(22(5)6)30(41-8)19-23(29)7)34(39)35(40)37(32)27-17-11-24(12-18-27)21(3)4/h11-22,32,38H,9-10H2,1-8H3/b33-31+. The average Bonchev–Trinajstić information content (AvgIpc) is 3.23. The van der Waals surface area contributed by atoms with Crippen LogP contribution in [0, 0.1) is 6.92 Å². The van der Waals surface area contributed by atoms with Crippen molar-refractivity contribution in [3.8, 4) is 5.75 Å². The number of ether oxygens (including phenoxy) is 1. The van der Waals surface area contributed by atoms with Crippen LogP contribution in [0.2, 0.25) is 0 Å². The number of benzene rings is 3. The maximum absolute atomic E-state index is 13.7. The smallest absolute Gasteiger partial charge is 0.300 e. The van der Waals surface area contributed by atoms with Crippen molar-refractivity contribution in [2.45, 2.75) is 66.3 Å². The predicted octanol–water partition coefficient (Wildman–Crippen LogP) is 7.72. The van der Waals surface area contributed by atoms with Gasteiger partial charge in [0.2, 0.25) is 0 Å². The second-order valence-corrected chi connectivity index (χ2v) is 11.2. The Hall–Kier alpha value is -4.06. The Labute approximate surface area is 244 Å². The Bertz CT molecular complexity index is 1450. The van der Waals surface area contributed by atoms with E-state index in [4.69, 9.17) is 4.74 Å². The third kappa shape index (κ3) is 5.61. The second-order valence-electron chi connectivity index (χ2n) is 11.2. The summed E-state index contributed by atoms with van der Waals surface area (Å²) in [4.78, 5) is 31.2. The second kappa shape index (κ2) is 12.2. The van der Waals surface area contributed by atoms with Crippen molar-refractivity contribution in [3.63, 3.8) is 0 Å². The number of amides is 1. The molecule has 1 fully saturated rings. The van der Waals surface area contributed by atoms with Crippen LogP contribution in [0.1, 0.15) is 87.2 Å². The number of methoxy groups -OCH3 is 1. The third-order valence-corrected chi connectivity index (χ3v) is 8.07. The summed E-state index contributed by atoms with van der Waals surface area (Å²) in [6, 6.07) is 18.6. The lowest BCUT2D eigenvalue weighted by atomic mass is 9.91. The summed E-state index contributed by atoms with van der Waals surface area (Å²) in [6.45, 7) is 16.1. The number of nitrogens with zero attached hydrogens (tertiary/aromatic N) is 2. The van der Waals surface area contributed by atoms with Gasteiger partial charge in [0.05, 0.1) is 18.7 Å². The zero-order valence-electron chi connectivity index (χ0n) is 25.5. The molecule has 3 aromatic rings. The van der Waals surface area contributed by atoms with Crippen LogP contribution < -0.4 is 14.5 Å². The zero-order chi connectivity index (χ0) is 30.0. The van der Waals surface area contributed by atoms with Gasteiger partial charge >= 0.3 is 0 Å². The first-order valence-electron chi connectivity index (χ1n) is 14.5. The molecule has 0 radical (unpaired) electrons. The van der Waals surface area contributed by atoms with Gasteiger partial charge in [-0.05, 0) is 91.3 Å². The van der Waals surface area contributed by atoms with E-state index in [1.807, 2.05) is 81.4 Å². The lowest BCUT2D eigenvalue weighted by Crippen LogP contribution is -2.29. The van der Waals surface area contributed by atoms with Gasteiger partial charge in [-0.25, -0.2) is 0 Å². The van der Waals surface area contributed by atoms with Gasteiger partial charge in [0.25, 0.3) is 11.7 Å². The number of aryl methyl sites for hydroxylation is 1. The lowest BCUT2D eigenvalue weighted by Gasteiger charge is -2.27. The molecule has 1 unspecified atom stereocenters. The summed E-state index contributed by atoms with van der Waals surface area (Å²) in [6.07, 6.45) is 0. The summed E-state index contributed by atoms with van der Waals surface area (Å²) in [7, 11) is 1.62. The highest BCUT2D eigenvalue weighted by atomic mass is 16.5. The van der Waals surface area contributed by atoms with Crippen LogP contribution in [0.25, 0.3) is 5.76 Å². The van der Waals surface area contributed by atoms with E-state index in [-0.39, 0.29) is 17.3 Å². The molecule has 0 saturated carbocycles. The Morgan fingerprint density at radius 2 is 1.54 bits per heavy atom. The fraction of sp³-hybridized carbons (Fsp3) is 0.371. The number of hydrogen-bond donors (Lipinski definition) is 1. The van der Waals surface area contributed by atoms with Gasteiger partial charge in [-0.2, -0.15) is 0 Å². The third-order valence-electron chi connectivity index (χ3n) is 8.07. The predicted molar refractivity (Wildman–Crippen MR) is 167 cm³/mol. The molecule has 6 nitrogen and oxygen atoms in total. The molecule has 41 heavy (non-hydrogen) atoms. The first-order valence-corrected chi connectivity index (χ1v) is 14.5. The number of ketones is 1. The zero-order valence-corrected chi connectivity index (χ0v) is 25.5. The molecule has 1 aliphatic rings. The number of anilines is 2. The van der Waals surface area contributed by atoms with E-state index in [1.165, 1.54) is 4.90 Å². The molecule has 0 aromatic heterocycles. The van der Waals surface area contributed by atoms with Crippen LogP contribution >= 0.6 is 0 Å². The molecular formula is C35H42N2O4. The van der Waals surface area contributed by atoms with Crippen molar-refractivity contribution < 1.29 is 19.4 Å². The summed E-state index contributed by atoms with van der Waals surface area (Å²) < 4.78 is 5.60. The molecule has 1 N–H and O–H groups in total. The molecule has 1 heterocycles. The largest absolute Gasteiger partial charge is 0.507 e. The van der Waals surface area contributed by atoms with Gasteiger partial charge in [-0.3, -0.25) is 14.5 Å². The quantitative estimate of drug-likeness (QED) is 0.167. The van der Waals surface area contributed by atoms with Crippen LogP contribution in [-0.2, 0) is 9.59 Å². The molecule has 0 bridgehead atoms. The number of rotatable bonds is 9. The van der Waals surface area contributed by atoms with Gasteiger partial charge in [0, 0.05) is 30.0 Å². The molecule has 216 valence electrons. The number of carbonyl (C=O) groups is 2. The van der Waals surface area contributed by atoms with Gasteiger partial charge < -0.3 is 14.7 Å². The van der Waals surface area contributed by atoms with Gasteiger partial charge in [-0.15, -0.1) is 0 Å². The van der Waals surface area contributed by atoms with Crippen LogP contribution in [0.5, 0.6) is 5.75 Å². The monoisotopic (exact) mass is 554 g/mol. The van der Waals surface area contributed by atoms with E-state index in [2.05, 4.69) is 32.6 Å². The molecule has 0 aliphatic carbocycles. The normalized spacial score (nSPS) is 16.6. The Morgan fingerprint density at radius 3 is 2.05 bits per heavy atom. The van der Waals surface area contributed by atoms with Crippen LogP contribution in [0.15, 0.2) is 66.2 Å². The minimum Gasteiger partial charge on any atom is -0.507 e. The summed E-state index contributed by atoms with van der Waals surface area (Å²) >= 11 is 0. The van der Waals surface area contributed by atoms with Crippen molar-refractivity contribution in [3.05, 3.63) is 94.1 Å². The van der Waals surface area contributed by atoms with Crippen LogP contribution in [0.3, 0.4) is 0 Å². The fourth-order valence-corrected chi connectivity index (χ4v) is 5.62. The highest BCUT2D eigenvalue weighted by Crippen LogP contribution is 2.44. The first-order chi connectivity index (χ1) is 19.5. The van der Waals surface area contributed by atoms with Gasteiger partial charge in [-0.1, -0.05) is 52.0 Å². The first kappa shape index (κ1) is 29.9. The van der Waals surface area contributed by atoms with Crippen LogP contribution in [-0.4, -0.2) is 37.0 Å². The molecule has 4 rings (SSSR count). The summed E-state index contributed by atoms with van der Waals surface area (Å²) in [5.41, 5.74) is 5.84. The van der Waals surface area contributed by atoms with E-state index >= 15 is 0 Å². The highest BCUT2D eigenvalue weighted by molar-refractivity contribution is 6.51. The number of aliphatic hydroxyl groups is 1. The van der Waals surface area contributed by atoms with E-state index in [0.717, 1.165) is 46.8 Å². The molecule has 1 atom stereocenters. The van der Waals surface area contributed by atoms with Crippen molar-refractivity contribution in [2.24, 2.45) is 0 Å². The van der Waals surface area contributed by atoms with Gasteiger partial charge in [0.1, 0.15) is 11.5 Å². The maximum atomic E-state index is 13.7. The number of aliphatic hydroxyl groups excluding tert-OH is 1. The number of Topliss-reactive ketones (excluding diaryl/α,β-unsaturated/α-hetero) is 1. The molecule has 0 spiro atoms. The molecule has 1 amide bonds. The van der Waals surface area contributed by atoms with E-state index in [9.17, 15) is 14.7 Å². The summed E-state index contributed by atoms with van der Waals surface area (Å²) in [5, 5.41) is 11.8. The van der Waals surface area contributed by atoms with E-state index < -0.39 is 17.7 Å². The highest BCUT2D eigenvalue weighted by Gasteiger charge is 2.47. The van der Waals surface area contributed by atoms with Crippen molar-refractivity contribution in [2.75, 3.05) is 30.0 Å².